The summed E-state index contributed by atoms with van der Waals surface area (Å²) in [6, 6.07) is 9.30. The zero-order valence-electron chi connectivity index (χ0n) is 9.34. The Morgan fingerprint density at radius 2 is 2.06 bits per heavy atom. The van der Waals surface area contributed by atoms with Crippen molar-refractivity contribution < 1.29 is 0 Å². The van der Waals surface area contributed by atoms with Gasteiger partial charge in [-0.1, -0.05) is 6.07 Å². The van der Waals surface area contributed by atoms with E-state index in [9.17, 15) is 4.79 Å². The number of aromatic nitrogens is 3. The molecule has 0 unspecified atom stereocenters. The van der Waals surface area contributed by atoms with Gasteiger partial charge in [-0.25, -0.2) is 4.98 Å². The van der Waals surface area contributed by atoms with E-state index in [0.717, 1.165) is 22.4 Å². The van der Waals surface area contributed by atoms with Crippen LogP contribution < -0.4 is 5.56 Å². The Morgan fingerprint density at radius 3 is 2.82 bits per heavy atom. The highest BCUT2D eigenvalue weighted by Crippen LogP contribution is 2.16. The molecule has 2 heterocycles. The Bertz CT molecular complexity index is 740. The summed E-state index contributed by atoms with van der Waals surface area (Å²) in [4.78, 5) is 18.3. The molecular formula is C13H11N3O. The number of aryl methyl sites for hydroxylation is 1. The van der Waals surface area contributed by atoms with Crippen LogP contribution in [0.1, 0.15) is 5.82 Å². The van der Waals surface area contributed by atoms with Crippen molar-refractivity contribution in [2.24, 2.45) is 0 Å². The molecule has 0 saturated heterocycles. The lowest BCUT2D eigenvalue weighted by Crippen LogP contribution is -2.03. The third-order valence-electron chi connectivity index (χ3n) is 2.81. The largest absolute Gasteiger partial charge is 0.322 e. The van der Waals surface area contributed by atoms with Gasteiger partial charge in [-0.05, 0) is 30.5 Å². The van der Waals surface area contributed by atoms with E-state index in [1.54, 1.807) is 6.20 Å². The van der Waals surface area contributed by atoms with Gasteiger partial charge in [-0.3, -0.25) is 4.79 Å². The first-order valence-electron chi connectivity index (χ1n) is 5.37. The molecule has 0 aliphatic carbocycles. The maximum atomic E-state index is 11.3. The third-order valence-corrected chi connectivity index (χ3v) is 2.81. The summed E-state index contributed by atoms with van der Waals surface area (Å²) < 4.78 is 1.98. The van der Waals surface area contributed by atoms with Gasteiger partial charge in [0.25, 0.3) is 0 Å². The molecule has 0 bridgehead atoms. The van der Waals surface area contributed by atoms with Crippen molar-refractivity contribution in [3.05, 3.63) is 58.9 Å². The topological polar surface area (TPSA) is 50.7 Å². The predicted molar refractivity (Wildman–Crippen MR) is 66.4 cm³/mol. The Labute approximate surface area is 97.6 Å². The molecule has 3 aromatic rings. The van der Waals surface area contributed by atoms with Crippen molar-refractivity contribution in [1.82, 2.24) is 14.5 Å². The second-order valence-corrected chi connectivity index (χ2v) is 3.94. The summed E-state index contributed by atoms with van der Waals surface area (Å²) in [5.41, 5.74) is 1.74. The monoisotopic (exact) mass is 225 g/mol. The van der Waals surface area contributed by atoms with E-state index in [0.29, 0.717) is 0 Å². The lowest BCUT2D eigenvalue weighted by atomic mass is 10.2. The van der Waals surface area contributed by atoms with Crippen LogP contribution in [-0.2, 0) is 0 Å². The Kier molecular flexibility index (Phi) is 2.08. The molecule has 0 aliphatic heterocycles. The molecule has 0 aliphatic rings. The number of fused-ring (bicyclic) bond motifs is 1. The first kappa shape index (κ1) is 9.84. The summed E-state index contributed by atoms with van der Waals surface area (Å²) in [6.07, 6.45) is 3.66. The van der Waals surface area contributed by atoms with Gasteiger partial charge < -0.3 is 9.55 Å². The van der Waals surface area contributed by atoms with E-state index >= 15 is 0 Å². The quantitative estimate of drug-likeness (QED) is 0.688. The lowest BCUT2D eigenvalue weighted by Gasteiger charge is -2.06. The molecule has 0 amide bonds. The summed E-state index contributed by atoms with van der Waals surface area (Å²) in [5.74, 6) is 0.919. The number of nitrogens with zero attached hydrogens (tertiary/aromatic N) is 2. The number of hydrogen-bond acceptors (Lipinski definition) is 2. The van der Waals surface area contributed by atoms with Crippen LogP contribution in [0.3, 0.4) is 0 Å². The highest BCUT2D eigenvalue weighted by molar-refractivity contribution is 5.80. The van der Waals surface area contributed by atoms with Gasteiger partial charge in [0, 0.05) is 24.1 Å². The van der Waals surface area contributed by atoms with Gasteiger partial charge in [0.15, 0.2) is 0 Å². The molecule has 4 heteroatoms. The number of H-pyrrole nitrogens is 1. The maximum Gasteiger partial charge on any atom is 0.248 e. The van der Waals surface area contributed by atoms with Crippen molar-refractivity contribution in [3.8, 4) is 5.69 Å². The zero-order chi connectivity index (χ0) is 11.8. The Hall–Kier alpha value is -2.36. The van der Waals surface area contributed by atoms with Crippen LogP contribution in [0.5, 0.6) is 0 Å². The number of aromatic amines is 1. The molecule has 0 atom stereocenters. The van der Waals surface area contributed by atoms with Gasteiger partial charge in [0.05, 0.1) is 5.52 Å². The molecule has 0 spiro atoms. The number of imidazole rings is 1. The third kappa shape index (κ3) is 1.63. The van der Waals surface area contributed by atoms with Crippen molar-refractivity contribution in [2.75, 3.05) is 0 Å². The van der Waals surface area contributed by atoms with Crippen LogP contribution in [0.25, 0.3) is 16.6 Å². The fourth-order valence-electron chi connectivity index (χ4n) is 1.94. The van der Waals surface area contributed by atoms with E-state index < -0.39 is 0 Å². The highest BCUT2D eigenvalue weighted by atomic mass is 16.1. The Balaban J connectivity index is 2.26. The molecule has 2 aromatic heterocycles. The van der Waals surface area contributed by atoms with Crippen LogP contribution in [0.15, 0.2) is 47.5 Å². The number of hydrogen-bond donors (Lipinski definition) is 1. The van der Waals surface area contributed by atoms with Gasteiger partial charge in [0.1, 0.15) is 5.82 Å². The smallest absolute Gasteiger partial charge is 0.248 e. The summed E-state index contributed by atoms with van der Waals surface area (Å²) in [5, 5.41) is 1.02. The predicted octanol–water partition coefficient (Wildman–Crippen LogP) is 2.02. The normalized spacial score (nSPS) is 10.9. The van der Waals surface area contributed by atoms with Gasteiger partial charge in [-0.15, -0.1) is 0 Å². The first-order chi connectivity index (χ1) is 8.24. The molecular weight excluding hydrogens is 214 g/mol. The minimum atomic E-state index is -0.0861. The molecule has 1 aromatic carbocycles. The van der Waals surface area contributed by atoms with Gasteiger partial charge in [0.2, 0.25) is 5.56 Å². The summed E-state index contributed by atoms with van der Waals surface area (Å²) in [7, 11) is 0. The van der Waals surface area contributed by atoms with Crippen LogP contribution in [0.4, 0.5) is 0 Å². The number of rotatable bonds is 1. The van der Waals surface area contributed by atoms with Crippen molar-refractivity contribution >= 4 is 10.9 Å². The highest BCUT2D eigenvalue weighted by Gasteiger charge is 2.02. The van der Waals surface area contributed by atoms with Crippen molar-refractivity contribution in [1.29, 1.82) is 0 Å². The molecule has 17 heavy (non-hydrogen) atoms. The lowest BCUT2D eigenvalue weighted by molar-refractivity contribution is 0.976. The van der Waals surface area contributed by atoms with E-state index in [2.05, 4.69) is 9.97 Å². The SMILES string of the molecule is Cc1nccn1-c1ccc2ccc(=O)[nH]c2c1. The number of nitrogens with one attached hydrogen (secondary N) is 1. The van der Waals surface area contributed by atoms with Gasteiger partial charge >= 0.3 is 0 Å². The van der Waals surface area contributed by atoms with Crippen LogP contribution >= 0.6 is 0 Å². The molecule has 0 saturated carbocycles. The average Bonchev–Trinajstić information content (AvgIpc) is 2.74. The molecule has 0 radical (unpaired) electrons. The number of pyridine rings is 1. The van der Waals surface area contributed by atoms with E-state index in [1.807, 2.05) is 42.0 Å². The first-order valence-corrected chi connectivity index (χ1v) is 5.37. The van der Waals surface area contributed by atoms with E-state index in [4.69, 9.17) is 0 Å². The zero-order valence-corrected chi connectivity index (χ0v) is 9.34. The summed E-state index contributed by atoms with van der Waals surface area (Å²) >= 11 is 0. The average molecular weight is 225 g/mol. The molecule has 0 fully saturated rings. The molecule has 84 valence electrons. The minimum Gasteiger partial charge on any atom is -0.322 e. The minimum absolute atomic E-state index is 0.0861. The van der Waals surface area contributed by atoms with Crippen LogP contribution in [0.2, 0.25) is 0 Å². The van der Waals surface area contributed by atoms with E-state index in [1.165, 1.54) is 6.07 Å². The van der Waals surface area contributed by atoms with Crippen LogP contribution in [0, 0.1) is 6.92 Å². The fraction of sp³-hybridized carbons (Fsp3) is 0.0769. The van der Waals surface area contributed by atoms with Crippen LogP contribution in [-0.4, -0.2) is 14.5 Å². The molecule has 1 N–H and O–H groups in total. The number of benzene rings is 1. The maximum absolute atomic E-state index is 11.3. The molecule has 3 rings (SSSR count). The van der Waals surface area contributed by atoms with E-state index in [-0.39, 0.29) is 5.56 Å². The van der Waals surface area contributed by atoms with Gasteiger partial charge in [-0.2, -0.15) is 0 Å². The fourth-order valence-corrected chi connectivity index (χ4v) is 1.94. The van der Waals surface area contributed by atoms with Crippen molar-refractivity contribution in [3.63, 3.8) is 0 Å². The second-order valence-electron chi connectivity index (χ2n) is 3.94. The standard InChI is InChI=1S/C13H11N3O/c1-9-14-6-7-16(9)11-4-2-10-3-5-13(17)15-12(10)8-11/h2-8H,1H3,(H,15,17). The summed E-state index contributed by atoms with van der Waals surface area (Å²) in [6.45, 7) is 1.94. The Morgan fingerprint density at radius 1 is 1.24 bits per heavy atom. The molecule has 4 nitrogen and oxygen atoms in total. The van der Waals surface area contributed by atoms with Crippen molar-refractivity contribution in [2.45, 2.75) is 6.92 Å². The second kappa shape index (κ2) is 3.59.